The number of nitrogens with one attached hydrogen (secondary N) is 2. The fourth-order valence-electron chi connectivity index (χ4n) is 2.41. The van der Waals surface area contributed by atoms with Gasteiger partial charge in [0.15, 0.2) is 6.61 Å². The van der Waals surface area contributed by atoms with Gasteiger partial charge in [0.1, 0.15) is 5.75 Å². The van der Waals surface area contributed by atoms with Crippen LogP contribution in [0.2, 0.25) is 5.02 Å². The minimum Gasteiger partial charge on any atom is -0.483 e. The van der Waals surface area contributed by atoms with Crippen molar-refractivity contribution in [1.82, 2.24) is 5.32 Å². The molecule has 0 aliphatic heterocycles. The lowest BCUT2D eigenvalue weighted by molar-refractivity contribution is -0.124. The molecule has 8 heteroatoms. The minimum atomic E-state index is -1.03. The largest absolute Gasteiger partial charge is 0.483 e. The third-order valence-electron chi connectivity index (χ3n) is 3.58. The molecule has 0 bridgehead atoms. The van der Waals surface area contributed by atoms with E-state index in [4.69, 9.17) is 21.4 Å². The predicted octanol–water partition coefficient (Wildman–Crippen LogP) is 4.71. The zero-order valence-corrected chi connectivity index (χ0v) is 18.1. The highest BCUT2D eigenvalue weighted by Gasteiger charge is 2.15. The van der Waals surface area contributed by atoms with Gasteiger partial charge in [-0.1, -0.05) is 27.5 Å². The van der Waals surface area contributed by atoms with Gasteiger partial charge >= 0.3 is 5.97 Å². The smallest absolute Gasteiger partial charge is 0.335 e. The highest BCUT2D eigenvalue weighted by atomic mass is 79.9. The molecular weight excluding hydrogens is 448 g/mol. The lowest BCUT2D eigenvalue weighted by atomic mass is 10.1. The van der Waals surface area contributed by atoms with Gasteiger partial charge in [-0.25, -0.2) is 4.79 Å². The van der Waals surface area contributed by atoms with Gasteiger partial charge in [-0.2, -0.15) is 0 Å². The van der Waals surface area contributed by atoms with Gasteiger partial charge in [0.25, 0.3) is 5.91 Å². The predicted molar refractivity (Wildman–Crippen MR) is 113 cm³/mol. The van der Waals surface area contributed by atoms with Crippen LogP contribution < -0.4 is 15.4 Å². The molecule has 0 aromatic heterocycles. The van der Waals surface area contributed by atoms with Crippen LogP contribution in [0.15, 0.2) is 40.9 Å². The van der Waals surface area contributed by atoms with Gasteiger partial charge in [0, 0.05) is 22.1 Å². The van der Waals surface area contributed by atoms with E-state index < -0.39 is 5.97 Å². The number of anilines is 1. The average Bonchev–Trinajstić information content (AvgIpc) is 2.58. The Bertz CT molecular complexity index is 881. The number of ether oxygens (including phenoxy) is 1. The van der Waals surface area contributed by atoms with Crippen molar-refractivity contribution in [2.24, 2.45) is 0 Å². The maximum atomic E-state index is 12.0. The third-order valence-corrected chi connectivity index (χ3v) is 4.40. The fourth-order valence-corrected chi connectivity index (χ4v) is 3.00. The summed E-state index contributed by atoms with van der Waals surface area (Å²) in [7, 11) is 0. The first-order chi connectivity index (χ1) is 13.0. The van der Waals surface area contributed by atoms with Crippen LogP contribution in [0.1, 0.15) is 36.7 Å². The van der Waals surface area contributed by atoms with E-state index in [0.717, 1.165) is 10.0 Å². The Morgan fingerprint density at radius 1 is 1.18 bits per heavy atom. The monoisotopic (exact) mass is 468 g/mol. The Balaban J connectivity index is 2.11. The second kappa shape index (κ2) is 9.30. The van der Waals surface area contributed by atoms with E-state index in [1.165, 1.54) is 18.2 Å². The molecule has 1 amide bonds. The summed E-state index contributed by atoms with van der Waals surface area (Å²) in [6.07, 6.45) is 0. The van der Waals surface area contributed by atoms with Gasteiger partial charge in [0.05, 0.1) is 16.3 Å². The summed E-state index contributed by atoms with van der Waals surface area (Å²) in [5.41, 5.74) is 1.08. The number of carboxylic acids is 1. The molecule has 0 unspecified atom stereocenters. The van der Waals surface area contributed by atoms with Crippen molar-refractivity contribution >= 4 is 45.1 Å². The number of hydrogen-bond acceptors (Lipinski definition) is 4. The maximum Gasteiger partial charge on any atom is 0.335 e. The number of rotatable bonds is 7. The molecule has 2 rings (SSSR count). The van der Waals surface area contributed by atoms with Crippen LogP contribution in [0.3, 0.4) is 0 Å². The molecule has 0 spiro atoms. The molecule has 0 saturated heterocycles. The zero-order chi connectivity index (χ0) is 20.9. The van der Waals surface area contributed by atoms with Crippen LogP contribution in [-0.4, -0.2) is 29.1 Å². The third kappa shape index (κ3) is 6.73. The van der Waals surface area contributed by atoms with Crippen LogP contribution in [0, 0.1) is 0 Å². The van der Waals surface area contributed by atoms with Crippen LogP contribution in [0.4, 0.5) is 5.69 Å². The van der Waals surface area contributed by atoms with Gasteiger partial charge in [-0.3, -0.25) is 4.79 Å². The first kappa shape index (κ1) is 22.0. The number of carboxylic acid groups (broad SMARTS) is 1. The molecule has 0 radical (unpaired) electrons. The molecule has 0 fully saturated rings. The van der Waals surface area contributed by atoms with E-state index in [9.17, 15) is 9.59 Å². The summed E-state index contributed by atoms with van der Waals surface area (Å²) in [6.45, 7) is 5.91. The van der Waals surface area contributed by atoms with Crippen LogP contribution in [0.25, 0.3) is 0 Å². The molecule has 28 heavy (non-hydrogen) atoms. The van der Waals surface area contributed by atoms with Crippen molar-refractivity contribution in [2.75, 3.05) is 11.9 Å². The van der Waals surface area contributed by atoms with E-state index in [1.807, 2.05) is 32.9 Å². The Labute approximate surface area is 177 Å². The zero-order valence-electron chi connectivity index (χ0n) is 15.8. The summed E-state index contributed by atoms with van der Waals surface area (Å²) in [5, 5.41) is 15.5. The highest BCUT2D eigenvalue weighted by molar-refractivity contribution is 9.10. The number of hydrogen-bond donors (Lipinski definition) is 3. The number of carbonyl (C=O) groups excluding carboxylic acids is 1. The molecular formula is C20H22BrClN2O4. The first-order valence-corrected chi connectivity index (χ1v) is 9.71. The Morgan fingerprint density at radius 3 is 2.54 bits per heavy atom. The van der Waals surface area contributed by atoms with E-state index in [1.54, 1.807) is 6.07 Å². The molecule has 2 aromatic carbocycles. The number of carbonyl (C=O) groups is 2. The standard InChI is InChI=1S/C20H22BrClN2O4/c1-20(2,3)24-18(25)11-28-17-7-5-14(21)8-13(17)10-23-16-9-12(19(26)27)4-6-15(16)22/h4-9,23H,10-11H2,1-3H3,(H,24,25)(H,26,27). The van der Waals surface area contributed by atoms with E-state index in [0.29, 0.717) is 23.0 Å². The van der Waals surface area contributed by atoms with E-state index >= 15 is 0 Å². The fraction of sp³-hybridized carbons (Fsp3) is 0.300. The summed E-state index contributed by atoms with van der Waals surface area (Å²) in [4.78, 5) is 23.2. The molecule has 0 saturated carbocycles. The van der Waals surface area contributed by atoms with Crippen LogP contribution in [0.5, 0.6) is 5.75 Å². The van der Waals surface area contributed by atoms with Gasteiger partial charge < -0.3 is 20.5 Å². The summed E-state index contributed by atoms with van der Waals surface area (Å²) < 4.78 is 6.53. The molecule has 0 aliphatic rings. The molecule has 0 aliphatic carbocycles. The number of benzene rings is 2. The SMILES string of the molecule is CC(C)(C)NC(=O)COc1ccc(Br)cc1CNc1cc(C(=O)O)ccc1Cl. The first-order valence-electron chi connectivity index (χ1n) is 8.54. The number of aromatic carboxylic acids is 1. The average molecular weight is 470 g/mol. The van der Waals surface area contributed by atoms with E-state index in [2.05, 4.69) is 26.6 Å². The van der Waals surface area contributed by atoms with E-state index in [-0.39, 0.29) is 23.6 Å². The van der Waals surface area contributed by atoms with Crippen molar-refractivity contribution in [1.29, 1.82) is 0 Å². The number of halogens is 2. The van der Waals surface area contributed by atoms with Crippen LogP contribution in [-0.2, 0) is 11.3 Å². The van der Waals surface area contributed by atoms with Crippen molar-refractivity contribution in [3.63, 3.8) is 0 Å². The molecule has 150 valence electrons. The van der Waals surface area contributed by atoms with Crippen LogP contribution >= 0.6 is 27.5 Å². The molecule has 0 heterocycles. The molecule has 3 N–H and O–H groups in total. The Hall–Kier alpha value is -2.25. The summed E-state index contributed by atoms with van der Waals surface area (Å²) in [6, 6.07) is 9.89. The van der Waals surface area contributed by atoms with Crippen molar-refractivity contribution < 1.29 is 19.4 Å². The molecule has 2 aromatic rings. The second-order valence-electron chi connectivity index (χ2n) is 7.19. The molecule has 0 atom stereocenters. The van der Waals surface area contributed by atoms with Crippen molar-refractivity contribution in [3.8, 4) is 5.75 Å². The maximum absolute atomic E-state index is 12.0. The second-order valence-corrected chi connectivity index (χ2v) is 8.52. The van der Waals surface area contributed by atoms with Crippen molar-refractivity contribution in [2.45, 2.75) is 32.9 Å². The van der Waals surface area contributed by atoms with Gasteiger partial charge in [0.2, 0.25) is 0 Å². The summed E-state index contributed by atoms with van der Waals surface area (Å²) >= 11 is 9.57. The molecule has 6 nitrogen and oxygen atoms in total. The lowest BCUT2D eigenvalue weighted by Gasteiger charge is -2.21. The number of amides is 1. The van der Waals surface area contributed by atoms with Gasteiger partial charge in [-0.05, 0) is 57.2 Å². The van der Waals surface area contributed by atoms with Crippen molar-refractivity contribution in [3.05, 3.63) is 57.0 Å². The quantitative estimate of drug-likeness (QED) is 0.547. The summed E-state index contributed by atoms with van der Waals surface area (Å²) in [5.74, 6) is -0.701. The normalized spacial score (nSPS) is 11.0. The highest BCUT2D eigenvalue weighted by Crippen LogP contribution is 2.27. The Morgan fingerprint density at radius 2 is 1.89 bits per heavy atom. The van der Waals surface area contributed by atoms with Gasteiger partial charge in [-0.15, -0.1) is 0 Å². The topological polar surface area (TPSA) is 87.7 Å². The minimum absolute atomic E-state index is 0.110. The Kier molecular flexibility index (Phi) is 7.32. The lowest BCUT2D eigenvalue weighted by Crippen LogP contribution is -2.43.